The van der Waals surface area contributed by atoms with E-state index in [2.05, 4.69) is 10.6 Å². The molecule has 2 unspecified atom stereocenters. The number of urea groups is 1. The quantitative estimate of drug-likeness (QED) is 0.622. The number of hydrogen-bond donors (Lipinski definition) is 3. The third kappa shape index (κ3) is 7.63. The molecule has 110 valence electrons. The van der Waals surface area contributed by atoms with Crippen LogP contribution in [0.2, 0.25) is 0 Å². The molecule has 2 amide bonds. The first-order valence-corrected chi connectivity index (χ1v) is 6.53. The van der Waals surface area contributed by atoms with Crippen LogP contribution in [0.1, 0.15) is 26.2 Å². The van der Waals surface area contributed by atoms with Crippen molar-refractivity contribution in [1.82, 2.24) is 10.6 Å². The SMILES string of the molecule is CC(CCCC(=O)O)NC(=O)NCC1COCCO1. The van der Waals surface area contributed by atoms with Gasteiger partial charge in [0.1, 0.15) is 0 Å². The van der Waals surface area contributed by atoms with Gasteiger partial charge in [-0.05, 0) is 19.8 Å². The van der Waals surface area contributed by atoms with Crippen LogP contribution in [0.5, 0.6) is 0 Å². The van der Waals surface area contributed by atoms with Crippen LogP contribution < -0.4 is 10.6 Å². The van der Waals surface area contributed by atoms with Gasteiger partial charge < -0.3 is 25.2 Å². The fraction of sp³-hybridized carbons (Fsp3) is 0.833. The van der Waals surface area contributed by atoms with E-state index in [1.54, 1.807) is 0 Å². The van der Waals surface area contributed by atoms with Crippen LogP contribution >= 0.6 is 0 Å². The molecule has 1 saturated heterocycles. The topological polar surface area (TPSA) is 96.9 Å². The first kappa shape index (κ1) is 15.7. The summed E-state index contributed by atoms with van der Waals surface area (Å²) in [7, 11) is 0. The number of carboxylic acids is 1. The summed E-state index contributed by atoms with van der Waals surface area (Å²) in [4.78, 5) is 21.9. The number of ether oxygens (including phenoxy) is 2. The van der Waals surface area contributed by atoms with Gasteiger partial charge in [0.25, 0.3) is 0 Å². The summed E-state index contributed by atoms with van der Waals surface area (Å²) in [5.74, 6) is -0.814. The van der Waals surface area contributed by atoms with Crippen molar-refractivity contribution in [3.8, 4) is 0 Å². The highest BCUT2D eigenvalue weighted by Gasteiger charge is 2.15. The molecule has 7 heteroatoms. The Bertz CT molecular complexity index is 292. The molecule has 0 saturated carbocycles. The summed E-state index contributed by atoms with van der Waals surface area (Å²) in [6.07, 6.45) is 1.22. The van der Waals surface area contributed by atoms with Gasteiger partial charge in [-0.3, -0.25) is 4.79 Å². The van der Waals surface area contributed by atoms with Crippen LogP contribution in [0.25, 0.3) is 0 Å². The molecular formula is C12H22N2O5. The fourth-order valence-corrected chi connectivity index (χ4v) is 1.77. The van der Waals surface area contributed by atoms with E-state index in [0.29, 0.717) is 39.2 Å². The van der Waals surface area contributed by atoms with Crippen molar-refractivity contribution in [2.24, 2.45) is 0 Å². The molecule has 19 heavy (non-hydrogen) atoms. The van der Waals surface area contributed by atoms with Crippen LogP contribution in [0, 0.1) is 0 Å². The Kier molecular flexibility index (Phi) is 7.20. The maximum atomic E-state index is 11.6. The zero-order valence-electron chi connectivity index (χ0n) is 11.2. The summed E-state index contributed by atoms with van der Waals surface area (Å²) in [5.41, 5.74) is 0. The maximum absolute atomic E-state index is 11.6. The third-order valence-corrected chi connectivity index (χ3v) is 2.78. The maximum Gasteiger partial charge on any atom is 0.315 e. The molecule has 0 aromatic rings. The lowest BCUT2D eigenvalue weighted by Gasteiger charge is -2.23. The zero-order chi connectivity index (χ0) is 14.1. The van der Waals surface area contributed by atoms with Gasteiger partial charge in [0, 0.05) is 19.0 Å². The number of carbonyl (C=O) groups is 2. The van der Waals surface area contributed by atoms with Gasteiger partial charge in [-0.1, -0.05) is 0 Å². The minimum atomic E-state index is -0.814. The van der Waals surface area contributed by atoms with Crippen molar-refractivity contribution in [2.75, 3.05) is 26.4 Å². The lowest BCUT2D eigenvalue weighted by Crippen LogP contribution is -2.46. The number of aliphatic carboxylic acids is 1. The molecule has 1 rings (SSSR count). The van der Waals surface area contributed by atoms with E-state index in [1.165, 1.54) is 0 Å². The fourth-order valence-electron chi connectivity index (χ4n) is 1.77. The molecule has 0 radical (unpaired) electrons. The van der Waals surface area contributed by atoms with Crippen molar-refractivity contribution in [2.45, 2.75) is 38.3 Å². The molecule has 0 aliphatic carbocycles. The van der Waals surface area contributed by atoms with Crippen molar-refractivity contribution in [3.05, 3.63) is 0 Å². The molecule has 1 aliphatic rings. The Hall–Kier alpha value is -1.34. The summed E-state index contributed by atoms with van der Waals surface area (Å²) in [5, 5.41) is 14.0. The molecule has 0 aromatic carbocycles. The van der Waals surface area contributed by atoms with E-state index in [9.17, 15) is 9.59 Å². The average Bonchev–Trinajstić information content (AvgIpc) is 2.37. The monoisotopic (exact) mass is 274 g/mol. The van der Waals surface area contributed by atoms with E-state index in [1.807, 2.05) is 6.92 Å². The molecule has 1 aliphatic heterocycles. The lowest BCUT2D eigenvalue weighted by atomic mass is 10.1. The summed E-state index contributed by atoms with van der Waals surface area (Å²) in [6, 6.07) is -0.320. The summed E-state index contributed by atoms with van der Waals surface area (Å²) in [6.45, 7) is 3.91. The van der Waals surface area contributed by atoms with Crippen molar-refractivity contribution in [3.63, 3.8) is 0 Å². The van der Waals surface area contributed by atoms with Gasteiger partial charge in [0.2, 0.25) is 0 Å². The second kappa shape index (κ2) is 8.71. The molecule has 0 spiro atoms. The number of nitrogens with one attached hydrogen (secondary N) is 2. The smallest absolute Gasteiger partial charge is 0.315 e. The molecule has 7 nitrogen and oxygen atoms in total. The predicted octanol–water partition coefficient (Wildman–Crippen LogP) is 0.344. The van der Waals surface area contributed by atoms with Gasteiger partial charge in [0.15, 0.2) is 0 Å². The summed E-state index contributed by atoms with van der Waals surface area (Å²) < 4.78 is 10.6. The largest absolute Gasteiger partial charge is 0.481 e. The van der Waals surface area contributed by atoms with Crippen molar-refractivity contribution in [1.29, 1.82) is 0 Å². The standard InChI is InChI=1S/C12H22N2O5/c1-9(3-2-4-11(15)16)14-12(17)13-7-10-8-18-5-6-19-10/h9-10H,2-8H2,1H3,(H,15,16)(H2,13,14,17). The minimum Gasteiger partial charge on any atom is -0.481 e. The van der Waals surface area contributed by atoms with E-state index in [0.717, 1.165) is 0 Å². The number of carboxylic acid groups (broad SMARTS) is 1. The van der Waals surface area contributed by atoms with Gasteiger partial charge in [0.05, 0.1) is 25.9 Å². The number of carbonyl (C=O) groups excluding carboxylic acids is 1. The van der Waals surface area contributed by atoms with Gasteiger partial charge in [-0.2, -0.15) is 0 Å². The van der Waals surface area contributed by atoms with Gasteiger partial charge in [-0.25, -0.2) is 4.79 Å². The molecular weight excluding hydrogens is 252 g/mol. The Labute approximate surface area is 112 Å². The predicted molar refractivity (Wildman–Crippen MR) is 68.0 cm³/mol. The Morgan fingerprint density at radius 1 is 1.42 bits per heavy atom. The number of rotatable bonds is 7. The highest BCUT2D eigenvalue weighted by Crippen LogP contribution is 2.01. The van der Waals surface area contributed by atoms with Crippen LogP contribution in [0.4, 0.5) is 4.79 Å². The molecule has 3 N–H and O–H groups in total. The summed E-state index contributed by atoms with van der Waals surface area (Å²) >= 11 is 0. The number of amides is 2. The van der Waals surface area contributed by atoms with E-state index in [4.69, 9.17) is 14.6 Å². The normalized spacial score (nSPS) is 20.6. The van der Waals surface area contributed by atoms with E-state index < -0.39 is 5.97 Å². The minimum absolute atomic E-state index is 0.0529. The zero-order valence-corrected chi connectivity index (χ0v) is 11.2. The second-order valence-corrected chi connectivity index (χ2v) is 4.61. The Morgan fingerprint density at radius 2 is 2.21 bits per heavy atom. The van der Waals surface area contributed by atoms with E-state index >= 15 is 0 Å². The van der Waals surface area contributed by atoms with Crippen LogP contribution in [0.15, 0.2) is 0 Å². The second-order valence-electron chi connectivity index (χ2n) is 4.61. The third-order valence-electron chi connectivity index (χ3n) is 2.78. The Morgan fingerprint density at radius 3 is 2.84 bits per heavy atom. The molecule has 0 aromatic heterocycles. The Balaban J connectivity index is 2.07. The van der Waals surface area contributed by atoms with Crippen LogP contribution in [-0.4, -0.2) is 55.6 Å². The highest BCUT2D eigenvalue weighted by atomic mass is 16.6. The van der Waals surface area contributed by atoms with Crippen LogP contribution in [-0.2, 0) is 14.3 Å². The molecule has 1 heterocycles. The van der Waals surface area contributed by atoms with Gasteiger partial charge in [-0.15, -0.1) is 0 Å². The van der Waals surface area contributed by atoms with E-state index in [-0.39, 0.29) is 24.6 Å². The van der Waals surface area contributed by atoms with Crippen molar-refractivity contribution < 1.29 is 24.2 Å². The molecule has 0 bridgehead atoms. The lowest BCUT2D eigenvalue weighted by molar-refractivity contribution is -0.137. The average molecular weight is 274 g/mol. The first-order valence-electron chi connectivity index (χ1n) is 6.53. The highest BCUT2D eigenvalue weighted by molar-refractivity contribution is 5.74. The van der Waals surface area contributed by atoms with Crippen LogP contribution in [0.3, 0.4) is 0 Å². The van der Waals surface area contributed by atoms with Gasteiger partial charge >= 0.3 is 12.0 Å². The molecule has 1 fully saturated rings. The first-order chi connectivity index (χ1) is 9.08. The number of hydrogen-bond acceptors (Lipinski definition) is 4. The molecule has 2 atom stereocenters. The van der Waals surface area contributed by atoms with Crippen molar-refractivity contribution >= 4 is 12.0 Å².